The number of phenols is 1. The van der Waals surface area contributed by atoms with E-state index in [1.54, 1.807) is 6.07 Å². The summed E-state index contributed by atoms with van der Waals surface area (Å²) < 4.78 is 0. The minimum absolute atomic E-state index is 0. The molecule has 1 rings (SSSR count). The Labute approximate surface area is 98.7 Å². The summed E-state index contributed by atoms with van der Waals surface area (Å²) in [5, 5.41) is 9.24. The number of benzene rings is 1. The van der Waals surface area contributed by atoms with E-state index in [1.165, 1.54) is 0 Å². The van der Waals surface area contributed by atoms with Crippen molar-refractivity contribution in [1.82, 2.24) is 0 Å². The average Bonchev–Trinajstić information content (AvgIpc) is 1.94. The molecule has 3 heteroatoms. The summed E-state index contributed by atoms with van der Waals surface area (Å²) >= 11 is 0. The second-order valence-electron chi connectivity index (χ2n) is 2.38. The van der Waals surface area contributed by atoms with E-state index in [-0.39, 0.29) is 38.6 Å². The van der Waals surface area contributed by atoms with Gasteiger partial charge in [0.25, 0.3) is 0 Å². The fraction of sp³-hybridized carbons (Fsp3) is 0.333. The fourth-order valence-electron chi connectivity index (χ4n) is 0.992. The van der Waals surface area contributed by atoms with Gasteiger partial charge in [-0.2, -0.15) is 0 Å². The molecule has 12 heavy (non-hydrogen) atoms. The Morgan fingerprint density at radius 3 is 2.33 bits per heavy atom. The number of aryl methyl sites for hydroxylation is 1. The Kier molecular flexibility index (Phi) is 9.58. The molecular weight excluding hydrogens is 251 g/mol. The number of halogens is 1. The molecule has 0 bridgehead atoms. The molecule has 0 amide bonds. The SMILES string of the molecule is CCCc1ccccc1O.Cl.[Zr]. The first-order chi connectivity index (χ1) is 4.84. The molecule has 0 aliphatic rings. The summed E-state index contributed by atoms with van der Waals surface area (Å²) in [4.78, 5) is 0. The maximum atomic E-state index is 9.24. The smallest absolute Gasteiger partial charge is 0.118 e. The van der Waals surface area contributed by atoms with Crippen molar-refractivity contribution >= 4 is 12.4 Å². The molecule has 1 aromatic carbocycles. The molecule has 0 aromatic heterocycles. The van der Waals surface area contributed by atoms with Crippen LogP contribution in [0, 0.1) is 0 Å². The van der Waals surface area contributed by atoms with Gasteiger partial charge in [0.05, 0.1) is 0 Å². The molecule has 0 atom stereocenters. The molecule has 1 N–H and O–H groups in total. The van der Waals surface area contributed by atoms with Crippen LogP contribution in [0.15, 0.2) is 24.3 Å². The van der Waals surface area contributed by atoms with Gasteiger partial charge in [0, 0.05) is 26.2 Å². The average molecular weight is 264 g/mol. The molecule has 0 radical (unpaired) electrons. The van der Waals surface area contributed by atoms with Crippen molar-refractivity contribution in [2.24, 2.45) is 0 Å². The summed E-state index contributed by atoms with van der Waals surface area (Å²) in [7, 11) is 0. The molecule has 0 fully saturated rings. The van der Waals surface area contributed by atoms with Gasteiger partial charge in [-0.25, -0.2) is 0 Å². The first-order valence-corrected chi connectivity index (χ1v) is 3.61. The molecule has 0 saturated heterocycles. The third-order valence-corrected chi connectivity index (χ3v) is 1.51. The first kappa shape index (κ1) is 14.7. The van der Waals surface area contributed by atoms with Gasteiger partial charge in [-0.1, -0.05) is 31.5 Å². The third kappa shape index (κ3) is 4.28. The summed E-state index contributed by atoms with van der Waals surface area (Å²) in [6, 6.07) is 7.48. The van der Waals surface area contributed by atoms with Crippen molar-refractivity contribution in [2.45, 2.75) is 19.8 Å². The third-order valence-electron chi connectivity index (χ3n) is 1.51. The zero-order chi connectivity index (χ0) is 7.40. The van der Waals surface area contributed by atoms with Crippen LogP contribution in [0.5, 0.6) is 5.75 Å². The Morgan fingerprint density at radius 2 is 1.83 bits per heavy atom. The van der Waals surface area contributed by atoms with Gasteiger partial charge in [0.2, 0.25) is 0 Å². The number of rotatable bonds is 2. The maximum absolute atomic E-state index is 9.24. The van der Waals surface area contributed by atoms with Crippen LogP contribution in [0.2, 0.25) is 0 Å². The van der Waals surface area contributed by atoms with Gasteiger partial charge >= 0.3 is 0 Å². The predicted octanol–water partition coefficient (Wildman–Crippen LogP) is 2.76. The van der Waals surface area contributed by atoms with Crippen LogP contribution >= 0.6 is 12.4 Å². The fourth-order valence-corrected chi connectivity index (χ4v) is 0.992. The minimum atomic E-state index is 0. The molecule has 0 heterocycles. The second kappa shape index (κ2) is 7.82. The van der Waals surface area contributed by atoms with Crippen molar-refractivity contribution in [3.63, 3.8) is 0 Å². The van der Waals surface area contributed by atoms with E-state index >= 15 is 0 Å². The van der Waals surface area contributed by atoms with Crippen molar-refractivity contribution in [1.29, 1.82) is 0 Å². The Balaban J connectivity index is 0. The van der Waals surface area contributed by atoms with Gasteiger partial charge in [-0.05, 0) is 18.1 Å². The van der Waals surface area contributed by atoms with Gasteiger partial charge in [-0.3, -0.25) is 0 Å². The topological polar surface area (TPSA) is 20.2 Å². The standard InChI is InChI=1S/C9H12O.ClH.Zr/c1-2-5-8-6-3-4-7-9(8)10;;/h3-4,6-7,10H,2,5H2,1H3;1H;. The molecule has 66 valence electrons. The predicted molar refractivity (Wildman–Crippen MR) is 49.3 cm³/mol. The normalized spacial score (nSPS) is 8.08. The Bertz CT molecular complexity index is 215. The van der Waals surface area contributed by atoms with Crippen molar-refractivity contribution in [2.75, 3.05) is 0 Å². The van der Waals surface area contributed by atoms with Crippen LogP contribution in [0.3, 0.4) is 0 Å². The van der Waals surface area contributed by atoms with E-state index in [0.29, 0.717) is 5.75 Å². The van der Waals surface area contributed by atoms with E-state index in [0.717, 1.165) is 18.4 Å². The number of phenolic OH excluding ortho intramolecular Hbond substituents is 1. The molecular formula is C9H13ClOZr. The van der Waals surface area contributed by atoms with Gasteiger partial charge in [0.1, 0.15) is 5.75 Å². The molecule has 0 saturated carbocycles. The molecule has 0 spiro atoms. The van der Waals surface area contributed by atoms with E-state index in [9.17, 15) is 5.11 Å². The van der Waals surface area contributed by atoms with Gasteiger partial charge in [0.15, 0.2) is 0 Å². The van der Waals surface area contributed by atoms with E-state index in [1.807, 2.05) is 18.2 Å². The van der Waals surface area contributed by atoms with E-state index in [4.69, 9.17) is 0 Å². The Hall–Kier alpha value is 0.193. The first-order valence-electron chi connectivity index (χ1n) is 3.61. The molecule has 0 aliphatic carbocycles. The van der Waals surface area contributed by atoms with Crippen LogP contribution < -0.4 is 0 Å². The molecule has 0 aliphatic heterocycles. The zero-order valence-corrected chi connectivity index (χ0v) is 10.4. The zero-order valence-electron chi connectivity index (χ0n) is 7.08. The van der Waals surface area contributed by atoms with Crippen LogP contribution in [0.4, 0.5) is 0 Å². The summed E-state index contributed by atoms with van der Waals surface area (Å²) in [5.41, 5.74) is 1.05. The molecule has 1 aromatic rings. The van der Waals surface area contributed by atoms with Crippen LogP contribution in [0.1, 0.15) is 18.9 Å². The Morgan fingerprint density at radius 1 is 1.25 bits per heavy atom. The van der Waals surface area contributed by atoms with Crippen LogP contribution in [-0.2, 0) is 32.6 Å². The summed E-state index contributed by atoms with van der Waals surface area (Å²) in [6.07, 6.45) is 2.05. The van der Waals surface area contributed by atoms with Crippen molar-refractivity contribution in [3.8, 4) is 5.75 Å². The van der Waals surface area contributed by atoms with Gasteiger partial charge in [-0.15, -0.1) is 12.4 Å². The number of aromatic hydroxyl groups is 1. The molecule has 1 nitrogen and oxygen atoms in total. The van der Waals surface area contributed by atoms with Crippen LogP contribution in [-0.4, -0.2) is 5.11 Å². The van der Waals surface area contributed by atoms with Crippen molar-refractivity contribution < 1.29 is 31.3 Å². The van der Waals surface area contributed by atoms with Gasteiger partial charge < -0.3 is 5.11 Å². The summed E-state index contributed by atoms with van der Waals surface area (Å²) in [5.74, 6) is 0.421. The van der Waals surface area contributed by atoms with E-state index < -0.39 is 0 Å². The monoisotopic (exact) mass is 262 g/mol. The summed E-state index contributed by atoms with van der Waals surface area (Å²) in [6.45, 7) is 2.10. The largest absolute Gasteiger partial charge is 0.508 e. The van der Waals surface area contributed by atoms with E-state index in [2.05, 4.69) is 6.92 Å². The number of hydrogen-bond acceptors (Lipinski definition) is 1. The quantitative estimate of drug-likeness (QED) is 0.870. The minimum Gasteiger partial charge on any atom is -0.508 e. The van der Waals surface area contributed by atoms with Crippen LogP contribution in [0.25, 0.3) is 0 Å². The van der Waals surface area contributed by atoms with Crippen molar-refractivity contribution in [3.05, 3.63) is 29.8 Å². The maximum Gasteiger partial charge on any atom is 0.118 e. The number of hydrogen-bond donors (Lipinski definition) is 1. The number of para-hydroxylation sites is 1. The molecule has 0 unspecified atom stereocenters. The second-order valence-corrected chi connectivity index (χ2v) is 2.38.